The lowest BCUT2D eigenvalue weighted by Gasteiger charge is -2.15. The van der Waals surface area contributed by atoms with E-state index in [0.29, 0.717) is 0 Å². The van der Waals surface area contributed by atoms with Crippen LogP contribution in [0.3, 0.4) is 0 Å². The topological polar surface area (TPSA) is 58.9 Å². The molecule has 0 saturated carbocycles. The van der Waals surface area contributed by atoms with Crippen molar-refractivity contribution < 1.29 is 0 Å². The zero-order chi connectivity index (χ0) is 14.1. The van der Waals surface area contributed by atoms with Crippen LogP contribution in [0.1, 0.15) is 26.1 Å². The number of rotatable bonds is 4. The fraction of sp³-hybridized carbons (Fsp3) is 0.643. The SMILES string of the molecule is CCNc1nc(CN2CCC(C)C2)nc2c1cnn2C. The van der Waals surface area contributed by atoms with Crippen LogP contribution in [-0.2, 0) is 13.6 Å². The average Bonchev–Trinajstić information content (AvgIpc) is 2.98. The van der Waals surface area contributed by atoms with E-state index >= 15 is 0 Å². The summed E-state index contributed by atoms with van der Waals surface area (Å²) >= 11 is 0. The minimum Gasteiger partial charge on any atom is -0.370 e. The van der Waals surface area contributed by atoms with E-state index in [1.165, 1.54) is 6.42 Å². The second-order valence-electron chi connectivity index (χ2n) is 5.65. The summed E-state index contributed by atoms with van der Waals surface area (Å²) in [6.07, 6.45) is 3.10. The first-order valence-corrected chi connectivity index (χ1v) is 7.32. The average molecular weight is 274 g/mol. The number of likely N-dealkylation sites (tertiary alicyclic amines) is 1. The summed E-state index contributed by atoms with van der Waals surface area (Å²) in [4.78, 5) is 11.8. The Hall–Kier alpha value is -1.69. The molecule has 2 aromatic rings. The molecule has 3 rings (SSSR count). The van der Waals surface area contributed by atoms with Crippen LogP contribution in [0.15, 0.2) is 6.20 Å². The smallest absolute Gasteiger partial charge is 0.163 e. The van der Waals surface area contributed by atoms with Gasteiger partial charge in [-0.05, 0) is 25.8 Å². The number of aromatic nitrogens is 4. The van der Waals surface area contributed by atoms with Gasteiger partial charge < -0.3 is 5.32 Å². The Bertz CT molecular complexity index is 605. The van der Waals surface area contributed by atoms with Crippen LogP contribution in [-0.4, -0.2) is 44.3 Å². The number of hydrogen-bond acceptors (Lipinski definition) is 5. The first kappa shape index (κ1) is 13.3. The summed E-state index contributed by atoms with van der Waals surface area (Å²) in [5.74, 6) is 2.56. The molecule has 0 amide bonds. The molecule has 0 radical (unpaired) electrons. The van der Waals surface area contributed by atoms with Gasteiger partial charge in [0.1, 0.15) is 11.6 Å². The molecule has 0 aromatic carbocycles. The van der Waals surface area contributed by atoms with Crippen LogP contribution < -0.4 is 5.32 Å². The van der Waals surface area contributed by atoms with Gasteiger partial charge in [0.2, 0.25) is 0 Å². The van der Waals surface area contributed by atoms with Gasteiger partial charge in [-0.25, -0.2) is 9.97 Å². The summed E-state index contributed by atoms with van der Waals surface area (Å²) in [6.45, 7) is 8.33. The molecule has 1 N–H and O–H groups in total. The molecule has 1 saturated heterocycles. The molecule has 3 heterocycles. The summed E-state index contributed by atoms with van der Waals surface area (Å²) in [7, 11) is 1.92. The first-order valence-electron chi connectivity index (χ1n) is 7.32. The van der Waals surface area contributed by atoms with Gasteiger partial charge in [0, 0.05) is 20.1 Å². The summed E-state index contributed by atoms with van der Waals surface area (Å²) in [5, 5.41) is 8.59. The Kier molecular flexibility index (Phi) is 3.56. The molecule has 0 spiro atoms. The molecular formula is C14H22N6. The highest BCUT2D eigenvalue weighted by Crippen LogP contribution is 2.21. The molecular weight excluding hydrogens is 252 g/mol. The van der Waals surface area contributed by atoms with Gasteiger partial charge in [-0.15, -0.1) is 0 Å². The van der Waals surface area contributed by atoms with Gasteiger partial charge in [-0.2, -0.15) is 5.10 Å². The fourth-order valence-electron chi connectivity index (χ4n) is 2.81. The molecule has 0 aliphatic carbocycles. The third kappa shape index (κ3) is 2.47. The molecule has 1 fully saturated rings. The third-order valence-electron chi connectivity index (χ3n) is 3.86. The van der Waals surface area contributed by atoms with Gasteiger partial charge in [-0.1, -0.05) is 6.92 Å². The van der Waals surface area contributed by atoms with E-state index in [9.17, 15) is 0 Å². The van der Waals surface area contributed by atoms with Crippen LogP contribution in [0, 0.1) is 5.92 Å². The van der Waals surface area contributed by atoms with Crippen LogP contribution in [0.4, 0.5) is 5.82 Å². The Morgan fingerprint density at radius 2 is 2.25 bits per heavy atom. The molecule has 1 atom stereocenters. The Morgan fingerprint density at radius 3 is 2.95 bits per heavy atom. The van der Waals surface area contributed by atoms with Crippen LogP contribution >= 0.6 is 0 Å². The molecule has 20 heavy (non-hydrogen) atoms. The van der Waals surface area contributed by atoms with Gasteiger partial charge >= 0.3 is 0 Å². The second kappa shape index (κ2) is 5.36. The molecule has 6 nitrogen and oxygen atoms in total. The van der Waals surface area contributed by atoms with E-state index in [2.05, 4.69) is 39.1 Å². The maximum atomic E-state index is 4.68. The molecule has 1 aliphatic heterocycles. The van der Waals surface area contributed by atoms with E-state index < -0.39 is 0 Å². The lowest BCUT2D eigenvalue weighted by Crippen LogP contribution is -2.21. The van der Waals surface area contributed by atoms with Crippen molar-refractivity contribution in [2.75, 3.05) is 25.0 Å². The van der Waals surface area contributed by atoms with Crippen LogP contribution in [0.2, 0.25) is 0 Å². The van der Waals surface area contributed by atoms with Gasteiger partial charge in [0.05, 0.1) is 18.1 Å². The summed E-state index contributed by atoms with van der Waals surface area (Å²) in [6, 6.07) is 0. The zero-order valence-electron chi connectivity index (χ0n) is 12.4. The standard InChI is InChI=1S/C14H22N6/c1-4-15-13-11-7-16-19(3)14(11)18-12(17-13)9-20-6-5-10(2)8-20/h7,10H,4-6,8-9H2,1-3H3,(H,15,17,18). The van der Waals surface area contributed by atoms with Crippen molar-refractivity contribution in [1.29, 1.82) is 0 Å². The highest BCUT2D eigenvalue weighted by molar-refractivity contribution is 5.86. The van der Waals surface area contributed by atoms with Crippen LogP contribution in [0.5, 0.6) is 0 Å². The fourth-order valence-corrected chi connectivity index (χ4v) is 2.81. The summed E-state index contributed by atoms with van der Waals surface area (Å²) < 4.78 is 1.81. The number of aryl methyl sites for hydroxylation is 1. The zero-order valence-corrected chi connectivity index (χ0v) is 12.4. The van der Waals surface area contributed by atoms with Crippen LogP contribution in [0.25, 0.3) is 11.0 Å². The number of anilines is 1. The Morgan fingerprint density at radius 1 is 1.40 bits per heavy atom. The quantitative estimate of drug-likeness (QED) is 0.918. The number of hydrogen-bond donors (Lipinski definition) is 1. The predicted octanol–water partition coefficient (Wildman–Crippen LogP) is 1.64. The van der Waals surface area contributed by atoms with E-state index in [-0.39, 0.29) is 0 Å². The lowest BCUT2D eigenvalue weighted by atomic mass is 10.2. The highest BCUT2D eigenvalue weighted by atomic mass is 15.3. The molecule has 1 unspecified atom stereocenters. The normalized spacial score (nSPS) is 19.9. The van der Waals surface area contributed by atoms with Crippen molar-refractivity contribution in [1.82, 2.24) is 24.6 Å². The maximum absolute atomic E-state index is 4.68. The summed E-state index contributed by atoms with van der Waals surface area (Å²) in [5.41, 5.74) is 0.901. The molecule has 6 heteroatoms. The van der Waals surface area contributed by atoms with Crippen molar-refractivity contribution >= 4 is 16.9 Å². The minimum absolute atomic E-state index is 0.781. The number of fused-ring (bicyclic) bond motifs is 1. The predicted molar refractivity (Wildman–Crippen MR) is 79.5 cm³/mol. The maximum Gasteiger partial charge on any atom is 0.163 e. The van der Waals surface area contributed by atoms with Crippen molar-refractivity contribution in [2.45, 2.75) is 26.8 Å². The largest absolute Gasteiger partial charge is 0.370 e. The van der Waals surface area contributed by atoms with E-state index in [1.54, 1.807) is 0 Å². The molecule has 108 valence electrons. The third-order valence-corrected chi connectivity index (χ3v) is 3.86. The minimum atomic E-state index is 0.781. The van der Waals surface area contributed by atoms with Gasteiger partial charge in [0.25, 0.3) is 0 Å². The van der Waals surface area contributed by atoms with E-state index in [0.717, 1.165) is 54.8 Å². The Balaban J connectivity index is 1.92. The Labute approximate surface area is 119 Å². The van der Waals surface area contributed by atoms with Crippen molar-refractivity contribution in [3.63, 3.8) is 0 Å². The first-order chi connectivity index (χ1) is 9.67. The monoisotopic (exact) mass is 274 g/mol. The van der Waals surface area contributed by atoms with E-state index in [1.807, 2.05) is 17.9 Å². The number of nitrogens with zero attached hydrogens (tertiary/aromatic N) is 5. The second-order valence-corrected chi connectivity index (χ2v) is 5.65. The number of nitrogens with one attached hydrogen (secondary N) is 1. The molecule has 1 aliphatic rings. The highest BCUT2D eigenvalue weighted by Gasteiger charge is 2.20. The van der Waals surface area contributed by atoms with Gasteiger partial charge in [0.15, 0.2) is 5.65 Å². The van der Waals surface area contributed by atoms with Crippen molar-refractivity contribution in [2.24, 2.45) is 13.0 Å². The van der Waals surface area contributed by atoms with Crippen molar-refractivity contribution in [3.05, 3.63) is 12.0 Å². The lowest BCUT2D eigenvalue weighted by molar-refractivity contribution is 0.312. The van der Waals surface area contributed by atoms with Crippen molar-refractivity contribution in [3.8, 4) is 0 Å². The van der Waals surface area contributed by atoms with Gasteiger partial charge in [-0.3, -0.25) is 9.58 Å². The van der Waals surface area contributed by atoms with E-state index in [4.69, 9.17) is 0 Å². The molecule has 2 aromatic heterocycles. The molecule has 0 bridgehead atoms.